The first-order chi connectivity index (χ1) is 16.2. The van der Waals surface area contributed by atoms with E-state index < -0.39 is 0 Å². The van der Waals surface area contributed by atoms with Gasteiger partial charge in [-0.05, 0) is 48.4 Å². The molecule has 0 N–H and O–H groups in total. The maximum Gasteiger partial charge on any atom is 0.150 e. The third-order valence-electron chi connectivity index (χ3n) is 5.61. The van der Waals surface area contributed by atoms with Crippen molar-refractivity contribution in [1.82, 2.24) is 0 Å². The van der Waals surface area contributed by atoms with Crippen molar-refractivity contribution in [3.8, 4) is 0 Å². The molecule has 0 aliphatic carbocycles. The topological polar surface area (TPSA) is 46.6 Å². The van der Waals surface area contributed by atoms with Crippen LogP contribution in [0.2, 0.25) is 0 Å². The van der Waals surface area contributed by atoms with E-state index in [1.807, 2.05) is 48.5 Å². The van der Waals surface area contributed by atoms with Crippen LogP contribution < -0.4 is 4.90 Å². The first kappa shape index (κ1) is 24.4. The summed E-state index contributed by atoms with van der Waals surface area (Å²) in [6, 6.07) is 23.1. The van der Waals surface area contributed by atoms with Gasteiger partial charge in [0.2, 0.25) is 0 Å². The monoisotopic (exact) mass is 443 g/mol. The standard InChI is InChI=1S/C29H33NO3/c1-2-3-4-5-6-7-17-33-23-26-13-10-16-29(20-26)30(27-14-8-11-24(18-27)21-31)28-15-9-12-25(19-28)22-32/h8-16,18-22H,2-7,17,23H2,1H3. The number of hydrogen-bond acceptors (Lipinski definition) is 4. The van der Waals surface area contributed by atoms with Crippen molar-refractivity contribution in [2.24, 2.45) is 0 Å². The van der Waals surface area contributed by atoms with Crippen LogP contribution in [-0.4, -0.2) is 19.2 Å². The normalized spacial score (nSPS) is 10.7. The van der Waals surface area contributed by atoms with Gasteiger partial charge in [0.25, 0.3) is 0 Å². The Labute approximate surface area is 197 Å². The van der Waals surface area contributed by atoms with Crippen molar-refractivity contribution in [1.29, 1.82) is 0 Å². The Hall–Kier alpha value is -3.24. The number of anilines is 3. The number of carbonyl (C=O) groups is 2. The van der Waals surface area contributed by atoms with E-state index in [0.29, 0.717) is 17.7 Å². The Morgan fingerprint density at radius 1 is 0.697 bits per heavy atom. The van der Waals surface area contributed by atoms with Gasteiger partial charge in [-0.15, -0.1) is 0 Å². The van der Waals surface area contributed by atoms with Crippen molar-refractivity contribution >= 4 is 29.6 Å². The lowest BCUT2D eigenvalue weighted by molar-refractivity contribution is 0.111. The zero-order valence-corrected chi connectivity index (χ0v) is 19.4. The number of rotatable bonds is 14. The lowest BCUT2D eigenvalue weighted by Gasteiger charge is -2.26. The highest BCUT2D eigenvalue weighted by Crippen LogP contribution is 2.35. The smallest absolute Gasteiger partial charge is 0.150 e. The average molecular weight is 444 g/mol. The fraction of sp³-hybridized carbons (Fsp3) is 0.310. The van der Waals surface area contributed by atoms with Crippen molar-refractivity contribution < 1.29 is 14.3 Å². The van der Waals surface area contributed by atoms with Crippen LogP contribution in [0.4, 0.5) is 17.1 Å². The molecule has 4 nitrogen and oxygen atoms in total. The van der Waals surface area contributed by atoms with Crippen LogP contribution in [0.15, 0.2) is 72.8 Å². The molecule has 0 heterocycles. The second-order valence-corrected chi connectivity index (χ2v) is 8.25. The summed E-state index contributed by atoms with van der Waals surface area (Å²) >= 11 is 0. The Kier molecular flexibility index (Phi) is 9.86. The molecule has 172 valence electrons. The number of benzene rings is 3. The van der Waals surface area contributed by atoms with Crippen LogP contribution in [0.5, 0.6) is 0 Å². The van der Waals surface area contributed by atoms with E-state index in [1.165, 1.54) is 32.1 Å². The Morgan fingerprint density at radius 3 is 1.85 bits per heavy atom. The predicted octanol–water partition coefficient (Wildman–Crippen LogP) is 7.66. The van der Waals surface area contributed by atoms with Gasteiger partial charge in [-0.2, -0.15) is 0 Å². The largest absolute Gasteiger partial charge is 0.377 e. The fourth-order valence-corrected chi connectivity index (χ4v) is 3.88. The third kappa shape index (κ3) is 7.40. The van der Waals surface area contributed by atoms with Crippen molar-refractivity contribution in [2.75, 3.05) is 11.5 Å². The zero-order chi connectivity index (χ0) is 23.3. The number of carbonyl (C=O) groups excluding carboxylic acids is 2. The summed E-state index contributed by atoms with van der Waals surface area (Å²) in [5, 5.41) is 0. The van der Waals surface area contributed by atoms with Gasteiger partial charge in [0.1, 0.15) is 12.6 Å². The molecule has 0 amide bonds. The van der Waals surface area contributed by atoms with Crippen LogP contribution >= 0.6 is 0 Å². The summed E-state index contributed by atoms with van der Waals surface area (Å²) in [5.41, 5.74) is 4.94. The quantitative estimate of drug-likeness (QED) is 0.189. The molecule has 0 aromatic heterocycles. The SMILES string of the molecule is CCCCCCCCOCc1cccc(N(c2cccc(C=O)c2)c2cccc(C=O)c2)c1. The number of unbranched alkanes of at least 4 members (excludes halogenated alkanes) is 5. The minimum absolute atomic E-state index is 0.555. The summed E-state index contributed by atoms with van der Waals surface area (Å²) < 4.78 is 5.93. The molecule has 0 spiro atoms. The summed E-state index contributed by atoms with van der Waals surface area (Å²) in [5.74, 6) is 0. The molecule has 3 aromatic rings. The number of ether oxygens (including phenoxy) is 1. The molecule has 0 bridgehead atoms. The van der Waals surface area contributed by atoms with Gasteiger partial charge in [-0.25, -0.2) is 0 Å². The van der Waals surface area contributed by atoms with E-state index in [1.54, 1.807) is 12.1 Å². The van der Waals surface area contributed by atoms with E-state index in [2.05, 4.69) is 24.0 Å². The van der Waals surface area contributed by atoms with Crippen molar-refractivity contribution in [3.63, 3.8) is 0 Å². The van der Waals surface area contributed by atoms with Crippen LogP contribution in [0.25, 0.3) is 0 Å². The first-order valence-corrected chi connectivity index (χ1v) is 11.8. The molecule has 0 saturated heterocycles. The average Bonchev–Trinajstić information content (AvgIpc) is 2.86. The minimum Gasteiger partial charge on any atom is -0.377 e. The Morgan fingerprint density at radius 2 is 1.24 bits per heavy atom. The second-order valence-electron chi connectivity index (χ2n) is 8.25. The Balaban J connectivity index is 1.77. The Bertz CT molecular complexity index is 979. The maximum absolute atomic E-state index is 11.4. The van der Waals surface area contributed by atoms with E-state index >= 15 is 0 Å². The van der Waals surface area contributed by atoms with E-state index in [4.69, 9.17) is 4.74 Å². The first-order valence-electron chi connectivity index (χ1n) is 11.8. The van der Waals surface area contributed by atoms with E-state index in [0.717, 1.165) is 48.2 Å². The van der Waals surface area contributed by atoms with Gasteiger partial charge in [-0.3, -0.25) is 9.59 Å². The van der Waals surface area contributed by atoms with Crippen molar-refractivity contribution in [2.45, 2.75) is 52.1 Å². The molecular weight excluding hydrogens is 410 g/mol. The van der Waals surface area contributed by atoms with E-state index in [-0.39, 0.29) is 0 Å². The molecular formula is C29H33NO3. The van der Waals surface area contributed by atoms with Gasteiger partial charge < -0.3 is 9.64 Å². The number of aldehydes is 2. The van der Waals surface area contributed by atoms with Crippen LogP contribution in [0, 0.1) is 0 Å². The van der Waals surface area contributed by atoms with Gasteiger partial charge in [0.05, 0.1) is 6.61 Å². The third-order valence-corrected chi connectivity index (χ3v) is 5.61. The van der Waals surface area contributed by atoms with Crippen molar-refractivity contribution in [3.05, 3.63) is 89.5 Å². The lowest BCUT2D eigenvalue weighted by Crippen LogP contribution is -2.11. The van der Waals surface area contributed by atoms with Crippen LogP contribution in [0.3, 0.4) is 0 Å². The molecule has 0 aliphatic heterocycles. The maximum atomic E-state index is 11.4. The van der Waals surface area contributed by atoms with Gasteiger partial charge >= 0.3 is 0 Å². The molecule has 0 radical (unpaired) electrons. The lowest BCUT2D eigenvalue weighted by atomic mass is 10.1. The molecule has 0 aliphatic rings. The highest BCUT2D eigenvalue weighted by Gasteiger charge is 2.14. The molecule has 0 fully saturated rings. The van der Waals surface area contributed by atoms with Gasteiger partial charge in [-0.1, -0.05) is 75.4 Å². The summed E-state index contributed by atoms with van der Waals surface area (Å²) in [6.45, 7) is 3.55. The molecule has 0 atom stereocenters. The van der Waals surface area contributed by atoms with Crippen LogP contribution in [-0.2, 0) is 11.3 Å². The van der Waals surface area contributed by atoms with Crippen LogP contribution in [0.1, 0.15) is 71.7 Å². The van der Waals surface area contributed by atoms with Gasteiger partial charge in [0.15, 0.2) is 0 Å². The highest BCUT2D eigenvalue weighted by molar-refractivity contribution is 5.84. The summed E-state index contributed by atoms with van der Waals surface area (Å²) in [6.07, 6.45) is 9.16. The van der Waals surface area contributed by atoms with Gasteiger partial charge in [0, 0.05) is 34.8 Å². The molecule has 4 heteroatoms. The zero-order valence-electron chi connectivity index (χ0n) is 19.4. The highest BCUT2D eigenvalue weighted by atomic mass is 16.5. The summed E-state index contributed by atoms with van der Waals surface area (Å²) in [7, 11) is 0. The minimum atomic E-state index is 0.555. The second kappa shape index (κ2) is 13.3. The molecule has 3 rings (SSSR count). The molecule has 0 saturated carbocycles. The molecule has 0 unspecified atom stereocenters. The number of hydrogen-bond donors (Lipinski definition) is 0. The van der Waals surface area contributed by atoms with E-state index in [9.17, 15) is 9.59 Å². The molecule has 33 heavy (non-hydrogen) atoms. The molecule has 3 aromatic carbocycles. The predicted molar refractivity (Wildman–Crippen MR) is 135 cm³/mol. The summed E-state index contributed by atoms with van der Waals surface area (Å²) in [4.78, 5) is 24.8. The fourth-order valence-electron chi connectivity index (χ4n) is 3.88. The number of nitrogens with zero attached hydrogens (tertiary/aromatic N) is 1.